The zero-order valence-electron chi connectivity index (χ0n) is 14.7. The first-order valence-electron chi connectivity index (χ1n) is 8.49. The maximum absolute atomic E-state index is 12.1. The normalized spacial score (nSPS) is 12.1. The van der Waals surface area contributed by atoms with Crippen molar-refractivity contribution in [1.82, 2.24) is 10.3 Å². The Labute approximate surface area is 155 Å². The van der Waals surface area contributed by atoms with E-state index in [0.717, 1.165) is 23.1 Å². The molecule has 0 saturated carbocycles. The van der Waals surface area contributed by atoms with Crippen molar-refractivity contribution >= 4 is 33.4 Å². The van der Waals surface area contributed by atoms with E-state index >= 15 is 0 Å². The van der Waals surface area contributed by atoms with Crippen LogP contribution in [0.25, 0.3) is 21.0 Å². The fourth-order valence-corrected chi connectivity index (χ4v) is 3.49. The lowest BCUT2D eigenvalue weighted by atomic mass is 10.2. The van der Waals surface area contributed by atoms with Crippen molar-refractivity contribution in [2.75, 3.05) is 6.61 Å². The molecule has 7 heteroatoms. The van der Waals surface area contributed by atoms with Crippen molar-refractivity contribution in [2.45, 2.75) is 32.7 Å². The van der Waals surface area contributed by atoms with Gasteiger partial charge in [0.15, 0.2) is 17.4 Å². The monoisotopic (exact) mass is 372 g/mol. The lowest BCUT2D eigenvalue weighted by Crippen LogP contribution is -2.35. The average Bonchev–Trinajstić information content (AvgIpc) is 3.26. The van der Waals surface area contributed by atoms with E-state index in [1.165, 1.54) is 17.4 Å². The first kappa shape index (κ1) is 18.1. The van der Waals surface area contributed by atoms with E-state index in [4.69, 9.17) is 9.15 Å². The van der Waals surface area contributed by atoms with E-state index in [9.17, 15) is 9.59 Å². The van der Waals surface area contributed by atoms with Crippen molar-refractivity contribution in [1.29, 1.82) is 0 Å². The van der Waals surface area contributed by atoms with E-state index < -0.39 is 5.97 Å². The van der Waals surface area contributed by atoms with Crippen molar-refractivity contribution in [3.63, 3.8) is 0 Å². The molecule has 1 aromatic carbocycles. The highest BCUT2D eigenvalue weighted by molar-refractivity contribution is 7.21. The highest BCUT2D eigenvalue weighted by atomic mass is 32.1. The zero-order valence-corrected chi connectivity index (χ0v) is 15.5. The van der Waals surface area contributed by atoms with Gasteiger partial charge in [-0.25, -0.2) is 9.78 Å². The molecule has 0 unspecified atom stereocenters. The molecule has 0 aliphatic heterocycles. The van der Waals surface area contributed by atoms with Crippen LogP contribution in [0.1, 0.15) is 37.2 Å². The van der Waals surface area contributed by atoms with Gasteiger partial charge in [0, 0.05) is 6.04 Å². The predicted octanol–water partition coefficient (Wildman–Crippen LogP) is 4.02. The van der Waals surface area contributed by atoms with Gasteiger partial charge in [-0.3, -0.25) is 4.79 Å². The number of benzene rings is 1. The maximum Gasteiger partial charge on any atom is 0.374 e. The van der Waals surface area contributed by atoms with Gasteiger partial charge in [-0.15, -0.1) is 11.3 Å². The number of ether oxygens (including phenoxy) is 1. The molecule has 3 aromatic rings. The topological polar surface area (TPSA) is 81.4 Å². The molecule has 1 N–H and O–H groups in total. The van der Waals surface area contributed by atoms with Gasteiger partial charge < -0.3 is 14.5 Å². The highest BCUT2D eigenvalue weighted by Gasteiger charge is 2.17. The highest BCUT2D eigenvalue weighted by Crippen LogP contribution is 2.31. The summed E-state index contributed by atoms with van der Waals surface area (Å²) in [5.41, 5.74) is 0.880. The second-order valence-electron chi connectivity index (χ2n) is 5.98. The minimum Gasteiger partial charge on any atom is -0.450 e. The average molecular weight is 372 g/mol. The number of furan rings is 1. The summed E-state index contributed by atoms with van der Waals surface area (Å²) in [5, 5.41) is 3.47. The van der Waals surface area contributed by atoms with Crippen LogP contribution >= 0.6 is 11.3 Å². The Kier molecular flexibility index (Phi) is 5.68. The molecule has 26 heavy (non-hydrogen) atoms. The van der Waals surface area contributed by atoms with Gasteiger partial charge in [0.1, 0.15) is 0 Å². The van der Waals surface area contributed by atoms with Gasteiger partial charge in [-0.1, -0.05) is 25.5 Å². The Morgan fingerprint density at radius 3 is 2.85 bits per heavy atom. The number of esters is 1. The smallest absolute Gasteiger partial charge is 0.374 e. The molecule has 2 heterocycles. The molecule has 0 radical (unpaired) electrons. The number of amides is 1. The summed E-state index contributed by atoms with van der Waals surface area (Å²) in [7, 11) is 0. The van der Waals surface area contributed by atoms with Gasteiger partial charge in [-0.05, 0) is 37.6 Å². The molecule has 0 spiro atoms. The summed E-state index contributed by atoms with van der Waals surface area (Å²) < 4.78 is 11.6. The second kappa shape index (κ2) is 8.14. The van der Waals surface area contributed by atoms with E-state index in [0.29, 0.717) is 10.8 Å². The number of carbonyl (C=O) groups excluding carboxylic acids is 2. The van der Waals surface area contributed by atoms with Gasteiger partial charge in [-0.2, -0.15) is 0 Å². The third-order valence-corrected chi connectivity index (χ3v) is 4.83. The fraction of sp³-hybridized carbons (Fsp3) is 0.316. The number of hydrogen-bond acceptors (Lipinski definition) is 6. The maximum atomic E-state index is 12.1. The minimum atomic E-state index is -0.671. The van der Waals surface area contributed by atoms with Crippen LogP contribution < -0.4 is 5.32 Å². The second-order valence-corrected chi connectivity index (χ2v) is 7.01. The Hall–Kier alpha value is -2.67. The molecule has 0 bridgehead atoms. The van der Waals surface area contributed by atoms with E-state index in [2.05, 4.69) is 10.3 Å². The van der Waals surface area contributed by atoms with Crippen LogP contribution in [-0.4, -0.2) is 29.5 Å². The van der Waals surface area contributed by atoms with Gasteiger partial charge in [0.2, 0.25) is 5.76 Å². The lowest BCUT2D eigenvalue weighted by Gasteiger charge is -2.12. The predicted molar refractivity (Wildman–Crippen MR) is 100 cm³/mol. The van der Waals surface area contributed by atoms with Crippen molar-refractivity contribution in [3.8, 4) is 10.8 Å². The van der Waals surface area contributed by atoms with Gasteiger partial charge >= 0.3 is 5.97 Å². The first-order valence-corrected chi connectivity index (χ1v) is 9.30. The third kappa shape index (κ3) is 4.29. The summed E-state index contributed by atoms with van der Waals surface area (Å²) in [6.07, 6.45) is 1.85. The summed E-state index contributed by atoms with van der Waals surface area (Å²) in [4.78, 5) is 28.3. The largest absolute Gasteiger partial charge is 0.450 e. The Morgan fingerprint density at radius 2 is 2.08 bits per heavy atom. The molecule has 1 atom stereocenters. The number of hydrogen-bond donors (Lipinski definition) is 1. The molecule has 0 aliphatic carbocycles. The standard InChI is InChI=1S/C19H20N2O4S/c1-3-6-12(2)20-17(22)11-24-19(23)15-10-9-14(25-15)18-21-13-7-4-5-8-16(13)26-18/h4-5,7-10,12H,3,6,11H2,1-2H3,(H,20,22)/t12-/m1/s1. The zero-order chi connectivity index (χ0) is 18.5. The SMILES string of the molecule is CCC[C@@H](C)NC(=O)COC(=O)c1ccc(-c2nc3ccccc3s2)o1. The fourth-order valence-electron chi connectivity index (χ4n) is 2.56. The van der Waals surface area contributed by atoms with E-state index in [-0.39, 0.29) is 24.3 Å². The van der Waals surface area contributed by atoms with E-state index in [1.54, 1.807) is 6.07 Å². The van der Waals surface area contributed by atoms with Crippen LogP contribution in [0.3, 0.4) is 0 Å². The number of nitrogens with one attached hydrogen (secondary N) is 1. The lowest BCUT2D eigenvalue weighted by molar-refractivity contribution is -0.124. The number of thiazole rings is 1. The van der Waals surface area contributed by atoms with Crippen LogP contribution in [0.5, 0.6) is 0 Å². The number of nitrogens with zero attached hydrogens (tertiary/aromatic N) is 1. The minimum absolute atomic E-state index is 0.0497. The first-order chi connectivity index (χ1) is 12.6. The van der Waals surface area contributed by atoms with Crippen LogP contribution in [-0.2, 0) is 9.53 Å². The quantitative estimate of drug-likeness (QED) is 0.634. The van der Waals surface area contributed by atoms with Crippen LogP contribution in [0, 0.1) is 0 Å². The molecule has 0 saturated heterocycles. The third-order valence-electron chi connectivity index (χ3n) is 3.78. The Bertz CT molecular complexity index is 882. The molecular formula is C19H20N2O4S. The summed E-state index contributed by atoms with van der Waals surface area (Å²) in [6.45, 7) is 3.63. The van der Waals surface area contributed by atoms with Crippen molar-refractivity contribution in [2.24, 2.45) is 0 Å². The molecule has 3 rings (SSSR count). The number of aromatic nitrogens is 1. The number of rotatable bonds is 7. The Morgan fingerprint density at radius 1 is 1.27 bits per heavy atom. The summed E-state index contributed by atoms with van der Waals surface area (Å²) >= 11 is 1.48. The molecule has 1 amide bonds. The number of carbonyl (C=O) groups is 2. The van der Waals surface area contributed by atoms with Crippen LogP contribution in [0.4, 0.5) is 0 Å². The number of fused-ring (bicyclic) bond motifs is 1. The molecular weight excluding hydrogens is 352 g/mol. The molecule has 0 aliphatic rings. The Balaban J connectivity index is 1.60. The molecule has 2 aromatic heterocycles. The van der Waals surface area contributed by atoms with Gasteiger partial charge in [0.05, 0.1) is 10.2 Å². The van der Waals surface area contributed by atoms with E-state index in [1.807, 2.05) is 38.1 Å². The van der Waals surface area contributed by atoms with Crippen molar-refractivity contribution in [3.05, 3.63) is 42.2 Å². The van der Waals surface area contributed by atoms with Crippen molar-refractivity contribution < 1.29 is 18.7 Å². The molecule has 0 fully saturated rings. The summed E-state index contributed by atoms with van der Waals surface area (Å²) in [5.74, 6) is -0.444. The van der Waals surface area contributed by atoms with Gasteiger partial charge in [0.25, 0.3) is 5.91 Å². The molecule has 136 valence electrons. The summed E-state index contributed by atoms with van der Waals surface area (Å²) in [6, 6.07) is 11.0. The van der Waals surface area contributed by atoms with Crippen LogP contribution in [0.15, 0.2) is 40.8 Å². The number of para-hydroxylation sites is 1. The van der Waals surface area contributed by atoms with Crippen LogP contribution in [0.2, 0.25) is 0 Å². The molecule has 6 nitrogen and oxygen atoms in total.